The van der Waals surface area contributed by atoms with Crippen molar-refractivity contribution < 1.29 is 4.74 Å². The molecule has 108 valence electrons. The molecule has 0 unspecified atom stereocenters. The number of rotatable bonds is 5. The smallest absolute Gasteiger partial charge is 0.0960 e. The molecule has 3 rings (SSSR count). The molecule has 4 nitrogen and oxygen atoms in total. The molecule has 2 aromatic carbocycles. The van der Waals surface area contributed by atoms with Crippen molar-refractivity contribution in [2.24, 2.45) is 7.05 Å². The van der Waals surface area contributed by atoms with E-state index in [-0.39, 0.29) is 0 Å². The normalized spacial score (nSPS) is 11.1. The van der Waals surface area contributed by atoms with Crippen LogP contribution in [0.25, 0.3) is 10.9 Å². The van der Waals surface area contributed by atoms with Crippen LogP contribution in [0, 0.1) is 0 Å². The molecule has 21 heavy (non-hydrogen) atoms. The summed E-state index contributed by atoms with van der Waals surface area (Å²) in [5.41, 5.74) is 9.98. The van der Waals surface area contributed by atoms with Gasteiger partial charge in [-0.3, -0.25) is 4.68 Å². The highest BCUT2D eigenvalue weighted by Crippen LogP contribution is 2.18. The van der Waals surface area contributed by atoms with Gasteiger partial charge in [0.25, 0.3) is 0 Å². The summed E-state index contributed by atoms with van der Waals surface area (Å²) in [5.74, 6) is 0. The van der Waals surface area contributed by atoms with Gasteiger partial charge in [0.2, 0.25) is 0 Å². The minimum Gasteiger partial charge on any atom is -0.399 e. The van der Waals surface area contributed by atoms with Crippen molar-refractivity contribution >= 4 is 16.6 Å². The fourth-order valence-corrected chi connectivity index (χ4v) is 2.51. The van der Waals surface area contributed by atoms with E-state index in [0.717, 1.165) is 34.3 Å². The molecule has 0 spiro atoms. The summed E-state index contributed by atoms with van der Waals surface area (Å²) >= 11 is 0. The first-order chi connectivity index (χ1) is 10.3. The molecule has 0 radical (unpaired) electrons. The number of ether oxygens (including phenoxy) is 1. The number of anilines is 1. The fraction of sp³-hybridized carbons (Fsp3) is 0.235. The van der Waals surface area contributed by atoms with Gasteiger partial charge in [-0.05, 0) is 24.1 Å². The SMILES string of the molecule is Cn1nc(COCCc2ccccc2N)c2ccccc21. The molecule has 1 heterocycles. The van der Waals surface area contributed by atoms with Gasteiger partial charge in [0, 0.05) is 18.1 Å². The number of hydrogen-bond acceptors (Lipinski definition) is 3. The van der Waals surface area contributed by atoms with Crippen LogP contribution in [-0.2, 0) is 24.8 Å². The Morgan fingerprint density at radius 1 is 1.10 bits per heavy atom. The van der Waals surface area contributed by atoms with Crippen molar-refractivity contribution in [3.63, 3.8) is 0 Å². The van der Waals surface area contributed by atoms with E-state index in [2.05, 4.69) is 17.2 Å². The lowest BCUT2D eigenvalue weighted by Gasteiger charge is -2.05. The van der Waals surface area contributed by atoms with Gasteiger partial charge in [-0.2, -0.15) is 5.10 Å². The molecular formula is C17H19N3O. The Morgan fingerprint density at radius 3 is 2.71 bits per heavy atom. The Bertz CT molecular complexity index is 749. The molecule has 1 aromatic heterocycles. The third-order valence-corrected chi connectivity index (χ3v) is 3.64. The zero-order chi connectivity index (χ0) is 14.7. The summed E-state index contributed by atoms with van der Waals surface area (Å²) < 4.78 is 7.66. The lowest BCUT2D eigenvalue weighted by atomic mass is 10.1. The van der Waals surface area contributed by atoms with Crippen molar-refractivity contribution in [1.29, 1.82) is 0 Å². The lowest BCUT2D eigenvalue weighted by molar-refractivity contribution is 0.121. The molecule has 0 aliphatic carbocycles. The van der Waals surface area contributed by atoms with Crippen molar-refractivity contribution in [2.45, 2.75) is 13.0 Å². The summed E-state index contributed by atoms with van der Waals surface area (Å²) in [6, 6.07) is 16.1. The minimum absolute atomic E-state index is 0.522. The van der Waals surface area contributed by atoms with Crippen molar-refractivity contribution in [3.8, 4) is 0 Å². The van der Waals surface area contributed by atoms with E-state index in [9.17, 15) is 0 Å². The second kappa shape index (κ2) is 5.97. The second-order valence-electron chi connectivity index (χ2n) is 5.09. The molecule has 0 amide bonds. The maximum absolute atomic E-state index is 5.92. The first-order valence-electron chi connectivity index (χ1n) is 7.07. The summed E-state index contributed by atoms with van der Waals surface area (Å²) in [4.78, 5) is 0. The number of aromatic nitrogens is 2. The maximum atomic E-state index is 5.92. The number of nitrogen functional groups attached to an aromatic ring is 1. The maximum Gasteiger partial charge on any atom is 0.0960 e. The molecular weight excluding hydrogens is 262 g/mol. The summed E-state index contributed by atoms with van der Waals surface area (Å²) in [5, 5.41) is 5.67. The molecule has 0 aliphatic rings. The average Bonchev–Trinajstić information content (AvgIpc) is 2.82. The van der Waals surface area contributed by atoms with Crippen LogP contribution in [0.2, 0.25) is 0 Å². The van der Waals surface area contributed by atoms with Crippen LogP contribution in [0.4, 0.5) is 5.69 Å². The highest BCUT2D eigenvalue weighted by atomic mass is 16.5. The summed E-state index contributed by atoms with van der Waals surface area (Å²) in [6.45, 7) is 1.16. The van der Waals surface area contributed by atoms with Crippen LogP contribution in [0.3, 0.4) is 0 Å². The number of fused-ring (bicyclic) bond motifs is 1. The summed E-state index contributed by atoms with van der Waals surface area (Å²) in [7, 11) is 1.95. The molecule has 4 heteroatoms. The van der Waals surface area contributed by atoms with Crippen LogP contribution in [0.15, 0.2) is 48.5 Å². The molecule has 0 fully saturated rings. The third kappa shape index (κ3) is 2.90. The van der Waals surface area contributed by atoms with Gasteiger partial charge in [0.05, 0.1) is 24.4 Å². The molecule has 3 aromatic rings. The van der Waals surface area contributed by atoms with E-state index < -0.39 is 0 Å². The van der Waals surface area contributed by atoms with Crippen LogP contribution >= 0.6 is 0 Å². The lowest BCUT2D eigenvalue weighted by Crippen LogP contribution is -2.02. The van der Waals surface area contributed by atoms with Gasteiger partial charge in [-0.25, -0.2) is 0 Å². The fourth-order valence-electron chi connectivity index (χ4n) is 2.51. The highest BCUT2D eigenvalue weighted by Gasteiger charge is 2.07. The number of aryl methyl sites for hydroxylation is 1. The standard InChI is InChI=1S/C17H19N3O/c1-20-17-9-5-3-7-14(17)16(19-20)12-21-11-10-13-6-2-4-8-15(13)18/h2-9H,10-12,18H2,1H3. The number of nitrogens with two attached hydrogens (primary N) is 1. The van der Waals surface area contributed by atoms with Gasteiger partial charge in [0.15, 0.2) is 0 Å². The Morgan fingerprint density at radius 2 is 1.86 bits per heavy atom. The average molecular weight is 281 g/mol. The largest absolute Gasteiger partial charge is 0.399 e. The highest BCUT2D eigenvalue weighted by molar-refractivity contribution is 5.81. The monoisotopic (exact) mass is 281 g/mol. The third-order valence-electron chi connectivity index (χ3n) is 3.64. The van der Waals surface area contributed by atoms with Crippen LogP contribution in [-0.4, -0.2) is 16.4 Å². The number of nitrogens with zero attached hydrogens (tertiary/aromatic N) is 2. The van der Waals surface area contributed by atoms with E-state index in [0.29, 0.717) is 13.2 Å². The number of benzene rings is 2. The molecule has 0 aliphatic heterocycles. The van der Waals surface area contributed by atoms with E-state index in [1.807, 2.05) is 48.1 Å². The van der Waals surface area contributed by atoms with Gasteiger partial charge in [-0.1, -0.05) is 36.4 Å². The zero-order valence-corrected chi connectivity index (χ0v) is 12.1. The Kier molecular flexibility index (Phi) is 3.88. The van der Waals surface area contributed by atoms with E-state index >= 15 is 0 Å². The van der Waals surface area contributed by atoms with Gasteiger partial charge in [-0.15, -0.1) is 0 Å². The second-order valence-corrected chi connectivity index (χ2v) is 5.09. The van der Waals surface area contributed by atoms with Crippen molar-refractivity contribution in [1.82, 2.24) is 9.78 Å². The first-order valence-corrected chi connectivity index (χ1v) is 7.07. The Balaban J connectivity index is 1.61. The van der Waals surface area contributed by atoms with Crippen LogP contribution in [0.5, 0.6) is 0 Å². The van der Waals surface area contributed by atoms with Crippen LogP contribution < -0.4 is 5.73 Å². The topological polar surface area (TPSA) is 53.1 Å². The Labute approximate surface area is 124 Å². The van der Waals surface area contributed by atoms with Crippen LogP contribution in [0.1, 0.15) is 11.3 Å². The number of para-hydroxylation sites is 2. The van der Waals surface area contributed by atoms with Crippen molar-refractivity contribution in [2.75, 3.05) is 12.3 Å². The molecule has 0 atom stereocenters. The molecule has 0 saturated carbocycles. The Hall–Kier alpha value is -2.33. The van der Waals surface area contributed by atoms with Gasteiger partial charge < -0.3 is 10.5 Å². The summed E-state index contributed by atoms with van der Waals surface area (Å²) in [6.07, 6.45) is 0.817. The zero-order valence-electron chi connectivity index (χ0n) is 12.1. The van der Waals surface area contributed by atoms with Gasteiger partial charge in [0.1, 0.15) is 0 Å². The predicted molar refractivity (Wildman–Crippen MR) is 84.9 cm³/mol. The predicted octanol–water partition coefficient (Wildman–Crippen LogP) is 2.91. The molecule has 0 bridgehead atoms. The van der Waals surface area contributed by atoms with Gasteiger partial charge >= 0.3 is 0 Å². The van der Waals surface area contributed by atoms with E-state index in [1.165, 1.54) is 0 Å². The van der Waals surface area contributed by atoms with Crippen molar-refractivity contribution in [3.05, 3.63) is 59.8 Å². The van der Waals surface area contributed by atoms with E-state index in [4.69, 9.17) is 10.5 Å². The molecule has 2 N–H and O–H groups in total. The molecule has 0 saturated heterocycles. The first kappa shape index (κ1) is 13.6. The van der Waals surface area contributed by atoms with E-state index in [1.54, 1.807) is 0 Å². The minimum atomic E-state index is 0.522. The number of hydrogen-bond donors (Lipinski definition) is 1. The quantitative estimate of drug-likeness (QED) is 0.578.